The molecule has 0 heterocycles. The van der Waals surface area contributed by atoms with E-state index in [9.17, 15) is 4.79 Å². The molecule has 102 valence electrons. The van der Waals surface area contributed by atoms with Gasteiger partial charge in [-0.2, -0.15) is 0 Å². The molecule has 0 amide bonds. The van der Waals surface area contributed by atoms with Gasteiger partial charge in [-0.1, -0.05) is 30.3 Å². The molecule has 0 fully saturated rings. The molecule has 20 heavy (non-hydrogen) atoms. The molecule has 2 rings (SSSR count). The Morgan fingerprint density at radius 1 is 1.15 bits per heavy atom. The van der Waals surface area contributed by atoms with Crippen molar-refractivity contribution in [1.82, 2.24) is 0 Å². The highest BCUT2D eigenvalue weighted by Crippen LogP contribution is 2.23. The first-order chi connectivity index (χ1) is 9.69. The summed E-state index contributed by atoms with van der Waals surface area (Å²) in [7, 11) is 0. The molecule has 0 unspecified atom stereocenters. The second kappa shape index (κ2) is 6.57. The van der Waals surface area contributed by atoms with Crippen molar-refractivity contribution in [3.05, 3.63) is 60.2 Å². The molecule has 0 saturated heterocycles. The van der Waals surface area contributed by atoms with Crippen LogP contribution in [0.1, 0.15) is 12.5 Å². The Balaban J connectivity index is 2.24. The molecular weight excluding hydrogens is 252 g/mol. The maximum Gasteiger partial charge on any atom is 0.328 e. The predicted octanol–water partition coefficient (Wildman–Crippen LogP) is 3.85. The van der Waals surface area contributed by atoms with E-state index in [2.05, 4.69) is 0 Å². The quantitative estimate of drug-likeness (QED) is 0.838. The van der Waals surface area contributed by atoms with E-state index in [0.717, 1.165) is 28.5 Å². The van der Waals surface area contributed by atoms with Crippen molar-refractivity contribution in [2.75, 3.05) is 6.61 Å². The van der Waals surface area contributed by atoms with E-state index in [0.29, 0.717) is 6.61 Å². The van der Waals surface area contributed by atoms with E-state index in [1.807, 2.05) is 55.5 Å². The van der Waals surface area contributed by atoms with Crippen LogP contribution in [-0.2, 0) is 4.79 Å². The van der Waals surface area contributed by atoms with Gasteiger partial charge in [0.25, 0.3) is 0 Å². The average molecular weight is 268 g/mol. The molecule has 1 N–H and O–H groups in total. The topological polar surface area (TPSA) is 46.5 Å². The Labute approximate surface area is 118 Å². The van der Waals surface area contributed by atoms with Crippen molar-refractivity contribution in [3.8, 4) is 16.9 Å². The van der Waals surface area contributed by atoms with Gasteiger partial charge in [-0.05, 0) is 47.9 Å². The van der Waals surface area contributed by atoms with E-state index < -0.39 is 5.97 Å². The van der Waals surface area contributed by atoms with Gasteiger partial charge in [0, 0.05) is 6.08 Å². The highest BCUT2D eigenvalue weighted by molar-refractivity contribution is 5.85. The molecule has 0 radical (unpaired) electrons. The van der Waals surface area contributed by atoms with Gasteiger partial charge < -0.3 is 9.84 Å². The largest absolute Gasteiger partial charge is 0.494 e. The van der Waals surface area contributed by atoms with Gasteiger partial charge in [0.2, 0.25) is 0 Å². The predicted molar refractivity (Wildman–Crippen MR) is 79.7 cm³/mol. The van der Waals surface area contributed by atoms with Gasteiger partial charge in [0.15, 0.2) is 0 Å². The highest BCUT2D eigenvalue weighted by atomic mass is 16.5. The van der Waals surface area contributed by atoms with Crippen LogP contribution in [0.3, 0.4) is 0 Å². The number of carboxylic acids is 1. The molecule has 0 aliphatic rings. The van der Waals surface area contributed by atoms with Crippen LogP contribution in [-0.4, -0.2) is 17.7 Å². The zero-order valence-corrected chi connectivity index (χ0v) is 11.2. The number of ether oxygens (including phenoxy) is 1. The lowest BCUT2D eigenvalue weighted by atomic mass is 10.0. The first kappa shape index (κ1) is 13.9. The molecule has 0 aromatic heterocycles. The van der Waals surface area contributed by atoms with Crippen LogP contribution in [0, 0.1) is 0 Å². The summed E-state index contributed by atoms with van der Waals surface area (Å²) in [6, 6.07) is 15.6. The number of carboxylic acid groups (broad SMARTS) is 1. The van der Waals surface area contributed by atoms with Crippen LogP contribution in [0.4, 0.5) is 0 Å². The number of rotatable bonds is 5. The van der Waals surface area contributed by atoms with Crippen molar-refractivity contribution in [3.63, 3.8) is 0 Å². The normalized spacial score (nSPS) is 10.7. The summed E-state index contributed by atoms with van der Waals surface area (Å²) in [6.07, 6.45) is 2.72. The lowest BCUT2D eigenvalue weighted by molar-refractivity contribution is -0.131. The summed E-state index contributed by atoms with van der Waals surface area (Å²) in [6.45, 7) is 2.60. The van der Waals surface area contributed by atoms with Crippen molar-refractivity contribution in [2.45, 2.75) is 6.92 Å². The Morgan fingerprint density at radius 3 is 2.55 bits per heavy atom. The third-order valence-corrected chi connectivity index (χ3v) is 2.80. The van der Waals surface area contributed by atoms with Gasteiger partial charge in [-0.3, -0.25) is 0 Å². The SMILES string of the molecule is CCOc1ccc(-c2cccc(/C=C/C(=O)O)c2)cc1. The molecule has 2 aromatic rings. The van der Waals surface area contributed by atoms with E-state index in [1.165, 1.54) is 0 Å². The Kier molecular flexibility index (Phi) is 4.56. The molecule has 0 aliphatic carbocycles. The maximum atomic E-state index is 10.5. The third kappa shape index (κ3) is 3.72. The average Bonchev–Trinajstić information content (AvgIpc) is 2.47. The van der Waals surface area contributed by atoms with E-state index in [-0.39, 0.29) is 0 Å². The first-order valence-corrected chi connectivity index (χ1v) is 6.43. The minimum Gasteiger partial charge on any atom is -0.494 e. The molecule has 0 bridgehead atoms. The van der Waals surface area contributed by atoms with E-state index in [1.54, 1.807) is 6.08 Å². The standard InChI is InChI=1S/C17H16O3/c1-2-20-16-9-7-14(8-10-16)15-5-3-4-13(12-15)6-11-17(18)19/h3-12H,2H2,1H3,(H,18,19)/b11-6+. The summed E-state index contributed by atoms with van der Waals surface area (Å²) in [4.78, 5) is 10.5. The lowest BCUT2D eigenvalue weighted by Crippen LogP contribution is -1.90. The molecule has 0 aliphatic heterocycles. The molecule has 3 nitrogen and oxygen atoms in total. The number of hydrogen-bond donors (Lipinski definition) is 1. The summed E-state index contributed by atoms with van der Waals surface area (Å²) in [5.41, 5.74) is 2.97. The van der Waals surface area contributed by atoms with Crippen molar-refractivity contribution >= 4 is 12.0 Å². The van der Waals surface area contributed by atoms with Crippen LogP contribution in [0.5, 0.6) is 5.75 Å². The van der Waals surface area contributed by atoms with Gasteiger partial charge in [0.05, 0.1) is 6.61 Å². The smallest absolute Gasteiger partial charge is 0.328 e. The minimum atomic E-state index is -0.948. The number of carbonyl (C=O) groups is 1. The van der Waals surface area contributed by atoms with Crippen LogP contribution in [0.25, 0.3) is 17.2 Å². The zero-order chi connectivity index (χ0) is 14.4. The van der Waals surface area contributed by atoms with Crippen LogP contribution in [0.2, 0.25) is 0 Å². The molecule has 0 saturated carbocycles. The fourth-order valence-electron chi connectivity index (χ4n) is 1.90. The Hall–Kier alpha value is -2.55. The fraction of sp³-hybridized carbons (Fsp3) is 0.118. The molecule has 3 heteroatoms. The zero-order valence-electron chi connectivity index (χ0n) is 11.2. The molecular formula is C17H16O3. The van der Waals surface area contributed by atoms with Crippen molar-refractivity contribution < 1.29 is 14.6 Å². The van der Waals surface area contributed by atoms with Crippen LogP contribution >= 0.6 is 0 Å². The van der Waals surface area contributed by atoms with E-state index in [4.69, 9.17) is 9.84 Å². The van der Waals surface area contributed by atoms with Crippen molar-refractivity contribution in [2.24, 2.45) is 0 Å². The van der Waals surface area contributed by atoms with Gasteiger partial charge in [-0.15, -0.1) is 0 Å². The van der Waals surface area contributed by atoms with Gasteiger partial charge >= 0.3 is 5.97 Å². The van der Waals surface area contributed by atoms with Gasteiger partial charge in [-0.25, -0.2) is 4.79 Å². The summed E-state index contributed by atoms with van der Waals surface area (Å²) >= 11 is 0. The lowest BCUT2D eigenvalue weighted by Gasteiger charge is -2.06. The first-order valence-electron chi connectivity index (χ1n) is 6.43. The summed E-state index contributed by atoms with van der Waals surface area (Å²) in [5.74, 6) is -0.102. The van der Waals surface area contributed by atoms with Gasteiger partial charge in [0.1, 0.15) is 5.75 Å². The number of aliphatic carboxylic acids is 1. The van der Waals surface area contributed by atoms with Crippen LogP contribution < -0.4 is 4.74 Å². The fourth-order valence-corrected chi connectivity index (χ4v) is 1.90. The van der Waals surface area contributed by atoms with Crippen molar-refractivity contribution in [1.29, 1.82) is 0 Å². The second-order valence-corrected chi connectivity index (χ2v) is 4.25. The van der Waals surface area contributed by atoms with E-state index >= 15 is 0 Å². The number of hydrogen-bond acceptors (Lipinski definition) is 2. The monoisotopic (exact) mass is 268 g/mol. The summed E-state index contributed by atoms with van der Waals surface area (Å²) in [5, 5.41) is 8.64. The highest BCUT2D eigenvalue weighted by Gasteiger charge is 1.99. The molecule has 0 spiro atoms. The minimum absolute atomic E-state index is 0.648. The second-order valence-electron chi connectivity index (χ2n) is 4.25. The third-order valence-electron chi connectivity index (χ3n) is 2.80. The Morgan fingerprint density at radius 2 is 1.90 bits per heavy atom. The molecule has 2 aromatic carbocycles. The Bertz CT molecular complexity index is 612. The maximum absolute atomic E-state index is 10.5. The van der Waals surface area contributed by atoms with Crippen LogP contribution in [0.15, 0.2) is 54.6 Å². The number of benzene rings is 2. The molecule has 0 atom stereocenters. The summed E-state index contributed by atoms with van der Waals surface area (Å²) < 4.78 is 5.41.